The van der Waals surface area contributed by atoms with E-state index in [9.17, 15) is 14.9 Å². The minimum Gasteiger partial charge on any atom is -0.483 e. The zero-order valence-corrected chi connectivity index (χ0v) is 9.22. The van der Waals surface area contributed by atoms with E-state index in [0.717, 1.165) is 0 Å². The van der Waals surface area contributed by atoms with E-state index in [1.54, 1.807) is 6.07 Å². The molecule has 2 aromatic rings. The number of carbonyl (C=O) groups is 1. The zero-order chi connectivity index (χ0) is 13.0. The fraction of sp³-hybridized carbons (Fsp3) is 0.0909. The number of nitro groups is 1. The molecule has 0 aliphatic carbocycles. The topological polar surface area (TPSA) is 87.3 Å². The number of hydrogen-bond donors (Lipinski definition) is 0. The molecule has 7 nitrogen and oxygen atoms in total. The van der Waals surface area contributed by atoms with Gasteiger partial charge in [0.15, 0.2) is 6.61 Å². The molecular formula is C11H9N3O4. The molecule has 0 saturated heterocycles. The first kappa shape index (κ1) is 11.8. The minimum atomic E-state index is -0.523. The van der Waals surface area contributed by atoms with Gasteiger partial charge in [-0.1, -0.05) is 6.07 Å². The number of nitro benzene ring substituents is 1. The molecule has 0 amide bonds. The Hall–Kier alpha value is -2.70. The first-order valence-electron chi connectivity index (χ1n) is 5.05. The van der Waals surface area contributed by atoms with Gasteiger partial charge < -0.3 is 4.74 Å². The van der Waals surface area contributed by atoms with E-state index < -0.39 is 4.92 Å². The van der Waals surface area contributed by atoms with Crippen LogP contribution in [0.1, 0.15) is 4.79 Å². The van der Waals surface area contributed by atoms with Gasteiger partial charge in [-0.3, -0.25) is 19.5 Å². The smallest absolute Gasteiger partial charge is 0.273 e. The summed E-state index contributed by atoms with van der Waals surface area (Å²) in [5.41, 5.74) is -0.0809. The van der Waals surface area contributed by atoms with E-state index in [2.05, 4.69) is 4.98 Å². The Morgan fingerprint density at radius 2 is 2.33 bits per heavy atom. The highest BCUT2D eigenvalue weighted by Crippen LogP contribution is 2.18. The number of ether oxygens (including phenoxy) is 1. The monoisotopic (exact) mass is 247 g/mol. The highest BCUT2D eigenvalue weighted by molar-refractivity contribution is 5.80. The summed E-state index contributed by atoms with van der Waals surface area (Å²) in [7, 11) is 0. The molecule has 1 aromatic carbocycles. The normalized spacial score (nSPS) is 10.0. The lowest BCUT2D eigenvalue weighted by Crippen LogP contribution is -2.17. The first-order chi connectivity index (χ1) is 8.66. The maximum absolute atomic E-state index is 11.6. The molecule has 0 spiro atoms. The van der Waals surface area contributed by atoms with Crippen LogP contribution in [0.3, 0.4) is 0 Å². The van der Waals surface area contributed by atoms with Gasteiger partial charge >= 0.3 is 0 Å². The Labute approximate surface area is 102 Å². The fourth-order valence-electron chi connectivity index (χ4n) is 1.31. The summed E-state index contributed by atoms with van der Waals surface area (Å²) in [5, 5.41) is 10.5. The van der Waals surface area contributed by atoms with Crippen LogP contribution < -0.4 is 4.74 Å². The number of hydrogen-bond acceptors (Lipinski definition) is 5. The summed E-state index contributed by atoms with van der Waals surface area (Å²) in [6.45, 7) is -0.211. The second-order valence-corrected chi connectivity index (χ2v) is 3.41. The molecule has 7 heteroatoms. The number of rotatable bonds is 4. The van der Waals surface area contributed by atoms with Gasteiger partial charge in [-0.15, -0.1) is 0 Å². The molecule has 92 valence electrons. The molecule has 1 aromatic heterocycles. The van der Waals surface area contributed by atoms with Crippen molar-refractivity contribution in [3.05, 3.63) is 53.1 Å². The zero-order valence-electron chi connectivity index (χ0n) is 9.22. The van der Waals surface area contributed by atoms with E-state index in [1.165, 1.54) is 41.5 Å². The van der Waals surface area contributed by atoms with Gasteiger partial charge in [0.1, 0.15) is 12.1 Å². The van der Waals surface area contributed by atoms with Crippen molar-refractivity contribution in [2.75, 3.05) is 6.61 Å². The van der Waals surface area contributed by atoms with Crippen LogP contribution in [0.5, 0.6) is 5.75 Å². The van der Waals surface area contributed by atoms with Gasteiger partial charge in [0, 0.05) is 18.5 Å². The second kappa shape index (κ2) is 5.09. The summed E-state index contributed by atoms with van der Waals surface area (Å²) in [4.78, 5) is 25.3. The second-order valence-electron chi connectivity index (χ2n) is 3.41. The third-order valence-corrected chi connectivity index (χ3v) is 2.18. The largest absolute Gasteiger partial charge is 0.483 e. The molecule has 0 saturated carbocycles. The predicted octanol–water partition coefficient (Wildman–Crippen LogP) is 1.51. The Kier molecular flexibility index (Phi) is 3.33. The summed E-state index contributed by atoms with van der Waals surface area (Å²) in [6.07, 6.45) is 4.34. The highest BCUT2D eigenvalue weighted by atomic mass is 16.6. The molecule has 0 aliphatic heterocycles. The van der Waals surface area contributed by atoms with Crippen LogP contribution in [0.15, 0.2) is 43.0 Å². The van der Waals surface area contributed by atoms with Gasteiger partial charge in [-0.05, 0) is 6.07 Å². The van der Waals surface area contributed by atoms with E-state index >= 15 is 0 Å². The molecule has 0 aliphatic rings. The molecule has 2 rings (SSSR count). The van der Waals surface area contributed by atoms with Crippen LogP contribution in [-0.4, -0.2) is 27.0 Å². The molecule has 18 heavy (non-hydrogen) atoms. The molecular weight excluding hydrogens is 238 g/mol. The van der Waals surface area contributed by atoms with Crippen LogP contribution in [0, 0.1) is 10.1 Å². The molecule has 0 atom stereocenters. The Bertz CT molecular complexity index is 565. The number of aromatic nitrogens is 2. The van der Waals surface area contributed by atoms with Crippen LogP contribution >= 0.6 is 0 Å². The first-order valence-corrected chi connectivity index (χ1v) is 5.05. The lowest BCUT2D eigenvalue weighted by molar-refractivity contribution is -0.384. The number of nitrogens with zero attached hydrogens (tertiary/aromatic N) is 3. The number of benzene rings is 1. The van der Waals surface area contributed by atoms with Gasteiger partial charge in [-0.2, -0.15) is 0 Å². The predicted molar refractivity (Wildman–Crippen MR) is 61.4 cm³/mol. The standard InChI is InChI=1S/C11H9N3O4/c15-11(13-5-4-12-8-13)7-18-10-3-1-2-9(6-10)14(16)17/h1-6,8H,7H2. The van der Waals surface area contributed by atoms with Crippen LogP contribution in [0.4, 0.5) is 5.69 Å². The Morgan fingerprint density at radius 3 is 3.00 bits per heavy atom. The van der Waals surface area contributed by atoms with Crippen LogP contribution in [-0.2, 0) is 0 Å². The molecule has 0 radical (unpaired) electrons. The quantitative estimate of drug-likeness (QED) is 0.603. The van der Waals surface area contributed by atoms with Crippen LogP contribution in [0.25, 0.3) is 0 Å². The average molecular weight is 247 g/mol. The van der Waals surface area contributed by atoms with Crippen molar-refractivity contribution in [2.45, 2.75) is 0 Å². The maximum atomic E-state index is 11.6. The van der Waals surface area contributed by atoms with E-state index in [-0.39, 0.29) is 24.0 Å². The summed E-state index contributed by atoms with van der Waals surface area (Å²) in [5.74, 6) is -0.0309. The van der Waals surface area contributed by atoms with Gasteiger partial charge in [0.25, 0.3) is 11.6 Å². The van der Waals surface area contributed by atoms with Crippen molar-refractivity contribution in [1.29, 1.82) is 0 Å². The molecule has 0 bridgehead atoms. The number of non-ortho nitro benzene ring substituents is 1. The van der Waals surface area contributed by atoms with E-state index in [0.29, 0.717) is 0 Å². The molecule has 0 N–H and O–H groups in total. The fourth-order valence-corrected chi connectivity index (χ4v) is 1.31. The lowest BCUT2D eigenvalue weighted by atomic mass is 10.3. The van der Waals surface area contributed by atoms with Crippen molar-refractivity contribution in [1.82, 2.24) is 9.55 Å². The maximum Gasteiger partial charge on any atom is 0.273 e. The SMILES string of the molecule is O=C(COc1cccc([N+](=O)[O-])c1)n1ccnc1. The van der Waals surface area contributed by atoms with E-state index in [4.69, 9.17) is 4.74 Å². The molecule has 0 unspecified atom stereocenters. The van der Waals surface area contributed by atoms with Crippen LogP contribution in [0.2, 0.25) is 0 Å². The van der Waals surface area contributed by atoms with E-state index in [1.807, 2.05) is 0 Å². The summed E-state index contributed by atoms with van der Waals surface area (Å²) in [6, 6.07) is 5.66. The Balaban J connectivity index is 2.00. The lowest BCUT2D eigenvalue weighted by Gasteiger charge is -2.05. The minimum absolute atomic E-state index is 0.0809. The number of carbonyl (C=O) groups excluding carboxylic acids is 1. The van der Waals surface area contributed by atoms with Gasteiger partial charge in [-0.25, -0.2) is 4.98 Å². The van der Waals surface area contributed by atoms with Crippen molar-refractivity contribution in [3.8, 4) is 5.75 Å². The van der Waals surface area contributed by atoms with Gasteiger partial charge in [0.2, 0.25) is 0 Å². The van der Waals surface area contributed by atoms with Crippen molar-refractivity contribution in [3.63, 3.8) is 0 Å². The van der Waals surface area contributed by atoms with Crippen molar-refractivity contribution < 1.29 is 14.5 Å². The Morgan fingerprint density at radius 1 is 1.50 bits per heavy atom. The summed E-state index contributed by atoms with van der Waals surface area (Å²) >= 11 is 0. The number of imidazole rings is 1. The third-order valence-electron chi connectivity index (χ3n) is 2.18. The molecule has 0 fully saturated rings. The molecule has 1 heterocycles. The van der Waals surface area contributed by atoms with Crippen molar-refractivity contribution >= 4 is 11.6 Å². The summed E-state index contributed by atoms with van der Waals surface area (Å²) < 4.78 is 6.45. The van der Waals surface area contributed by atoms with Crippen molar-refractivity contribution in [2.24, 2.45) is 0 Å². The third kappa shape index (κ3) is 2.70. The van der Waals surface area contributed by atoms with Gasteiger partial charge in [0.05, 0.1) is 11.0 Å². The highest BCUT2D eigenvalue weighted by Gasteiger charge is 2.08. The average Bonchev–Trinajstić information content (AvgIpc) is 2.90.